The van der Waals surface area contributed by atoms with Crippen molar-refractivity contribution in [2.45, 2.75) is 62.4 Å². The Morgan fingerprint density at radius 1 is 0.804 bits per heavy atom. The molecule has 2 aliphatic heterocycles. The van der Waals surface area contributed by atoms with Crippen LogP contribution in [0.15, 0.2) is 132 Å². The Morgan fingerprint density at radius 2 is 1.48 bits per heavy atom. The van der Waals surface area contributed by atoms with Crippen molar-refractivity contribution in [2.75, 3.05) is 32.8 Å². The zero-order valence-electron chi connectivity index (χ0n) is 31.5. The molecule has 11 heteroatoms. The molecule has 10 nitrogen and oxygen atoms in total. The van der Waals surface area contributed by atoms with Crippen LogP contribution in [-0.2, 0) is 48.6 Å². The molecule has 1 amide bonds. The maximum atomic E-state index is 13.8. The minimum atomic E-state index is -3.97. The first kappa shape index (κ1) is 39.5. The predicted molar refractivity (Wildman–Crippen MR) is 215 cm³/mol. The molecule has 7 rings (SSSR count). The molecule has 0 radical (unpaired) electrons. The van der Waals surface area contributed by atoms with E-state index in [2.05, 4.69) is 14.9 Å². The molecule has 3 N–H and O–H groups in total. The largest absolute Gasteiger partial charge is 0.392 e. The van der Waals surface area contributed by atoms with Crippen LogP contribution in [-0.4, -0.2) is 69.3 Å². The Kier molecular flexibility index (Phi) is 13.0. The molecule has 5 aromatic rings. The molecule has 0 aromatic heterocycles. The molecule has 2 saturated heterocycles. The summed E-state index contributed by atoms with van der Waals surface area (Å²) in [6, 6.07) is 38.8. The maximum Gasteiger partial charge on any atom is 0.241 e. The molecular formula is C45H49N3O7S. The van der Waals surface area contributed by atoms with Crippen molar-refractivity contribution in [3.05, 3.63) is 161 Å². The number of morpholine rings is 1. The summed E-state index contributed by atoms with van der Waals surface area (Å²) in [5.41, 5.74) is 7.35. The number of ether oxygens (including phenoxy) is 3. The van der Waals surface area contributed by atoms with Crippen LogP contribution in [0.2, 0.25) is 0 Å². The van der Waals surface area contributed by atoms with Crippen LogP contribution in [0.3, 0.4) is 0 Å². The van der Waals surface area contributed by atoms with Gasteiger partial charge in [-0.05, 0) is 58.9 Å². The predicted octanol–water partition coefficient (Wildman–Crippen LogP) is 6.24. The topological polar surface area (TPSA) is 126 Å². The summed E-state index contributed by atoms with van der Waals surface area (Å²) < 4.78 is 48.2. The Balaban J connectivity index is 1.06. The molecule has 2 aliphatic rings. The van der Waals surface area contributed by atoms with Crippen LogP contribution in [0.25, 0.3) is 11.1 Å². The summed E-state index contributed by atoms with van der Waals surface area (Å²) in [6.45, 7) is 6.02. The van der Waals surface area contributed by atoms with Crippen LogP contribution < -0.4 is 10.0 Å². The number of hydrogen-bond donors (Lipinski definition) is 3. The van der Waals surface area contributed by atoms with Crippen LogP contribution >= 0.6 is 0 Å². The van der Waals surface area contributed by atoms with Gasteiger partial charge in [0, 0.05) is 38.2 Å². The van der Waals surface area contributed by atoms with E-state index in [0.29, 0.717) is 19.6 Å². The van der Waals surface area contributed by atoms with Gasteiger partial charge in [-0.15, -0.1) is 0 Å². The molecular weight excluding hydrogens is 727 g/mol. The number of amides is 1. The van der Waals surface area contributed by atoms with E-state index >= 15 is 0 Å². The lowest BCUT2D eigenvalue weighted by Gasteiger charge is -2.39. The third-order valence-electron chi connectivity index (χ3n) is 10.4. The van der Waals surface area contributed by atoms with E-state index in [4.69, 9.17) is 14.2 Å². The highest BCUT2D eigenvalue weighted by Crippen LogP contribution is 2.39. The van der Waals surface area contributed by atoms with E-state index in [1.807, 2.05) is 110 Å². The average molecular weight is 776 g/mol. The minimum Gasteiger partial charge on any atom is -0.392 e. The number of sulfonamides is 1. The Morgan fingerprint density at radius 3 is 2.20 bits per heavy atom. The zero-order chi connectivity index (χ0) is 38.9. The smallest absolute Gasteiger partial charge is 0.241 e. The van der Waals surface area contributed by atoms with Gasteiger partial charge >= 0.3 is 0 Å². The summed E-state index contributed by atoms with van der Waals surface area (Å²) in [5.74, 6) is -0.423. The number of carbonyl (C=O) groups is 1. The van der Waals surface area contributed by atoms with Crippen LogP contribution in [0.5, 0.6) is 0 Å². The van der Waals surface area contributed by atoms with Crippen molar-refractivity contribution in [1.82, 2.24) is 14.9 Å². The Bertz CT molecular complexity index is 2140. The zero-order valence-corrected chi connectivity index (χ0v) is 32.4. The highest BCUT2D eigenvalue weighted by atomic mass is 32.2. The average Bonchev–Trinajstić information content (AvgIpc) is 3.23. The van der Waals surface area contributed by atoms with Crippen molar-refractivity contribution in [2.24, 2.45) is 0 Å². The lowest BCUT2D eigenvalue weighted by Crippen LogP contribution is -2.47. The van der Waals surface area contributed by atoms with Gasteiger partial charge in [0.25, 0.3) is 0 Å². The second-order valence-corrected chi connectivity index (χ2v) is 16.2. The molecule has 5 aromatic carbocycles. The lowest BCUT2D eigenvalue weighted by atomic mass is 9.97. The van der Waals surface area contributed by atoms with Gasteiger partial charge < -0.3 is 24.6 Å². The number of aryl methyl sites for hydroxylation is 1. The van der Waals surface area contributed by atoms with E-state index in [9.17, 15) is 18.3 Å². The Hall–Kier alpha value is -4.72. The quantitative estimate of drug-likeness (QED) is 0.121. The van der Waals surface area contributed by atoms with Crippen LogP contribution in [0.4, 0.5) is 0 Å². The molecule has 0 spiro atoms. The standard InChI is InChI=1S/C45H49N3O7S/c1-32-11-21-40(22-12-32)56(51,52)47-42(27-33-7-3-2-4-8-33)44(50)46-29-38-9-5-6-10-41(38)35-17-19-37(20-18-35)45-54-39(30-48-23-25-53-26-24-48)28-43(55-45)36-15-13-34(31-49)14-16-36/h2-22,39,42-43,45,47,49H,23-31H2,1H3,(H,46,50)/t39-,42-,43+,45+/m1/s1. The van der Waals surface area contributed by atoms with Gasteiger partial charge in [0.2, 0.25) is 15.9 Å². The highest BCUT2D eigenvalue weighted by Gasteiger charge is 2.33. The van der Waals surface area contributed by atoms with Gasteiger partial charge in [-0.25, -0.2) is 8.42 Å². The molecule has 0 saturated carbocycles. The Labute approximate surface area is 329 Å². The fourth-order valence-corrected chi connectivity index (χ4v) is 8.39. The van der Waals surface area contributed by atoms with E-state index in [0.717, 1.165) is 64.1 Å². The van der Waals surface area contributed by atoms with Gasteiger partial charge in [-0.2, -0.15) is 4.72 Å². The van der Waals surface area contributed by atoms with Crippen molar-refractivity contribution in [1.29, 1.82) is 0 Å². The number of carbonyl (C=O) groups excluding carboxylic acids is 1. The third kappa shape index (κ3) is 10.2. The second-order valence-electron chi connectivity index (χ2n) is 14.4. The first-order valence-corrected chi connectivity index (χ1v) is 20.6. The van der Waals surface area contributed by atoms with E-state index in [1.54, 1.807) is 24.3 Å². The summed E-state index contributed by atoms with van der Waals surface area (Å²) >= 11 is 0. The fourth-order valence-electron chi connectivity index (χ4n) is 7.20. The first-order valence-electron chi connectivity index (χ1n) is 19.1. The minimum absolute atomic E-state index is 0.0100. The molecule has 2 fully saturated rings. The van der Waals surface area contributed by atoms with E-state index in [1.165, 1.54) is 0 Å². The van der Waals surface area contributed by atoms with Gasteiger partial charge in [-0.1, -0.05) is 121 Å². The number of rotatable bonds is 14. The maximum absolute atomic E-state index is 13.8. The monoisotopic (exact) mass is 775 g/mol. The first-order chi connectivity index (χ1) is 27.2. The van der Waals surface area contributed by atoms with Gasteiger partial charge in [0.1, 0.15) is 6.04 Å². The number of aliphatic hydroxyl groups is 1. The normalized spacial score (nSPS) is 19.6. The van der Waals surface area contributed by atoms with Crippen molar-refractivity contribution < 1.29 is 32.5 Å². The molecule has 2 heterocycles. The number of nitrogens with one attached hydrogen (secondary N) is 2. The lowest BCUT2D eigenvalue weighted by molar-refractivity contribution is -0.253. The molecule has 4 atom stereocenters. The van der Waals surface area contributed by atoms with Crippen molar-refractivity contribution in [3.8, 4) is 11.1 Å². The second kappa shape index (κ2) is 18.5. The summed E-state index contributed by atoms with van der Waals surface area (Å²) in [4.78, 5) is 16.3. The van der Waals surface area contributed by atoms with E-state index < -0.39 is 28.3 Å². The van der Waals surface area contributed by atoms with Gasteiger partial charge in [-0.3, -0.25) is 9.69 Å². The van der Waals surface area contributed by atoms with Crippen molar-refractivity contribution >= 4 is 15.9 Å². The third-order valence-corrected chi connectivity index (χ3v) is 11.9. The highest BCUT2D eigenvalue weighted by molar-refractivity contribution is 7.89. The summed E-state index contributed by atoms with van der Waals surface area (Å²) in [5, 5.41) is 12.6. The summed E-state index contributed by atoms with van der Waals surface area (Å²) in [6.07, 6.45) is 0.0949. The number of hydrogen-bond acceptors (Lipinski definition) is 8. The number of nitrogens with zero attached hydrogens (tertiary/aromatic N) is 1. The van der Waals surface area contributed by atoms with E-state index in [-0.39, 0.29) is 36.7 Å². The number of benzene rings is 5. The van der Waals surface area contributed by atoms with Crippen LogP contribution in [0, 0.1) is 6.92 Å². The molecule has 56 heavy (non-hydrogen) atoms. The van der Waals surface area contributed by atoms with Crippen molar-refractivity contribution in [3.63, 3.8) is 0 Å². The van der Waals surface area contributed by atoms with Gasteiger partial charge in [0.05, 0.1) is 36.9 Å². The fraction of sp³-hybridized carbons (Fsp3) is 0.311. The van der Waals surface area contributed by atoms with Crippen LogP contribution in [0.1, 0.15) is 52.2 Å². The SMILES string of the molecule is Cc1ccc(S(=O)(=O)N[C@H](Cc2ccccc2)C(=O)NCc2ccccc2-c2ccc([C@H]3O[C@@H](CN4CCOCC4)C[C@@H](c4ccc(CO)cc4)O3)cc2)cc1. The molecule has 0 bridgehead atoms. The summed E-state index contributed by atoms with van der Waals surface area (Å²) in [7, 11) is -3.97. The number of aliphatic hydroxyl groups excluding tert-OH is 1. The van der Waals surface area contributed by atoms with Gasteiger partial charge in [0.15, 0.2) is 6.29 Å². The molecule has 0 unspecified atom stereocenters. The molecule has 292 valence electrons. The molecule has 0 aliphatic carbocycles.